The first-order valence-electron chi connectivity index (χ1n) is 11.6. The molecule has 3 atom stereocenters. The number of carbonyl (C=O) groups is 2. The van der Waals surface area contributed by atoms with Crippen LogP contribution < -0.4 is 0 Å². The Morgan fingerprint density at radius 1 is 1.26 bits per heavy atom. The van der Waals surface area contributed by atoms with Crippen molar-refractivity contribution in [3.63, 3.8) is 0 Å². The summed E-state index contributed by atoms with van der Waals surface area (Å²) in [4.78, 5) is 39.3. The van der Waals surface area contributed by atoms with E-state index in [0.717, 1.165) is 12.1 Å². The molecular formula is C23H27N7O3S. The molecule has 2 unspecified atom stereocenters. The van der Waals surface area contributed by atoms with Crippen LogP contribution in [0.5, 0.6) is 0 Å². The smallest absolute Gasteiger partial charge is 0.265 e. The first kappa shape index (κ1) is 21.5. The fourth-order valence-corrected chi connectivity index (χ4v) is 6.05. The van der Waals surface area contributed by atoms with Crippen molar-refractivity contribution < 1.29 is 14.1 Å². The summed E-state index contributed by atoms with van der Waals surface area (Å²) in [6.45, 7) is 8.51. The van der Waals surface area contributed by atoms with Crippen molar-refractivity contribution in [2.75, 3.05) is 26.2 Å². The molecule has 1 saturated carbocycles. The molecule has 2 aliphatic heterocycles. The second-order valence-electron chi connectivity index (χ2n) is 10.6. The quantitative estimate of drug-likeness (QED) is 0.594. The lowest BCUT2D eigenvalue weighted by Crippen LogP contribution is -2.62. The molecule has 3 fully saturated rings. The van der Waals surface area contributed by atoms with Crippen molar-refractivity contribution in [2.24, 2.45) is 16.7 Å². The highest BCUT2D eigenvalue weighted by atomic mass is 32.1. The molecule has 0 bridgehead atoms. The van der Waals surface area contributed by atoms with Crippen molar-refractivity contribution in [3.8, 4) is 0 Å². The summed E-state index contributed by atoms with van der Waals surface area (Å²) in [5.41, 5.74) is 2.31. The molecule has 3 aromatic heterocycles. The third-order valence-electron chi connectivity index (χ3n) is 7.82. The highest BCUT2D eigenvalue weighted by Gasteiger charge is 2.61. The number of thiazole rings is 1. The second kappa shape index (κ2) is 7.46. The average Bonchev–Trinajstić information content (AvgIpc) is 3.45. The van der Waals surface area contributed by atoms with E-state index in [1.54, 1.807) is 17.9 Å². The third-order valence-corrected chi connectivity index (χ3v) is 8.58. The van der Waals surface area contributed by atoms with E-state index in [1.807, 2.05) is 22.8 Å². The number of nitrogens with zero attached hydrogens (tertiary/aromatic N) is 6. The van der Waals surface area contributed by atoms with E-state index in [-0.39, 0.29) is 40.4 Å². The van der Waals surface area contributed by atoms with Crippen LogP contribution in [0.1, 0.15) is 66.1 Å². The number of aromatic amines is 1. The maximum Gasteiger partial charge on any atom is 0.265 e. The Morgan fingerprint density at radius 2 is 2.03 bits per heavy atom. The standard InChI is InChI=1S/C23H27N7O3S/c1-13(16-4-5-25-27-16)19-26-18(28-33-19)15-8-29(21(32)17-7-24-12-34-17)9-23(15)10-30(11-23)20(31)14-6-22(14,2)3/h4-5,7,12-15H,6,8-11H2,1-3H3,(H,25,27)/t13?,14-,15?/m1/s1. The number of carbonyl (C=O) groups excluding carboxylic acids is 2. The first-order chi connectivity index (χ1) is 16.3. The highest BCUT2D eigenvalue weighted by Crippen LogP contribution is 2.55. The normalized spacial score (nSPS) is 25.4. The Labute approximate surface area is 200 Å². The molecule has 178 valence electrons. The van der Waals surface area contributed by atoms with Gasteiger partial charge in [0.2, 0.25) is 11.8 Å². The number of hydrogen-bond donors (Lipinski definition) is 1. The van der Waals surface area contributed by atoms with Crippen molar-refractivity contribution in [2.45, 2.75) is 39.0 Å². The highest BCUT2D eigenvalue weighted by molar-refractivity contribution is 7.11. The van der Waals surface area contributed by atoms with Crippen LogP contribution in [-0.2, 0) is 4.79 Å². The van der Waals surface area contributed by atoms with E-state index >= 15 is 0 Å². The van der Waals surface area contributed by atoms with Gasteiger partial charge in [-0.3, -0.25) is 19.7 Å². The zero-order valence-electron chi connectivity index (χ0n) is 19.4. The minimum absolute atomic E-state index is 0.0360. The number of amides is 2. The molecular weight excluding hydrogens is 454 g/mol. The number of likely N-dealkylation sites (tertiary alicyclic amines) is 2. The summed E-state index contributed by atoms with van der Waals surface area (Å²) in [5.74, 6) is 1.13. The zero-order valence-corrected chi connectivity index (χ0v) is 20.2. The van der Waals surface area contributed by atoms with Crippen LogP contribution in [0.2, 0.25) is 0 Å². The molecule has 6 rings (SSSR count). The molecule has 34 heavy (non-hydrogen) atoms. The molecule has 1 spiro atoms. The summed E-state index contributed by atoms with van der Waals surface area (Å²) in [6.07, 6.45) is 4.31. The van der Waals surface area contributed by atoms with Crippen LogP contribution >= 0.6 is 11.3 Å². The topological polar surface area (TPSA) is 121 Å². The predicted molar refractivity (Wildman–Crippen MR) is 122 cm³/mol. The van der Waals surface area contributed by atoms with E-state index < -0.39 is 0 Å². The van der Waals surface area contributed by atoms with E-state index in [0.29, 0.717) is 42.8 Å². The third kappa shape index (κ3) is 3.36. The molecule has 0 radical (unpaired) electrons. The minimum atomic E-state index is -0.272. The van der Waals surface area contributed by atoms with Crippen LogP contribution in [0.3, 0.4) is 0 Å². The molecule has 11 heteroatoms. The van der Waals surface area contributed by atoms with E-state index in [1.165, 1.54) is 11.3 Å². The van der Waals surface area contributed by atoms with Gasteiger partial charge >= 0.3 is 0 Å². The van der Waals surface area contributed by atoms with Crippen LogP contribution in [0.4, 0.5) is 0 Å². The van der Waals surface area contributed by atoms with Gasteiger partial charge in [-0.25, -0.2) is 0 Å². The fourth-order valence-electron chi connectivity index (χ4n) is 5.46. The fraction of sp³-hybridized carbons (Fsp3) is 0.565. The van der Waals surface area contributed by atoms with E-state index in [9.17, 15) is 9.59 Å². The van der Waals surface area contributed by atoms with Crippen LogP contribution in [0.15, 0.2) is 28.5 Å². The van der Waals surface area contributed by atoms with Crippen molar-refractivity contribution in [1.29, 1.82) is 0 Å². The molecule has 3 aliphatic rings. The van der Waals surface area contributed by atoms with Gasteiger partial charge in [-0.1, -0.05) is 19.0 Å². The number of H-pyrrole nitrogens is 1. The van der Waals surface area contributed by atoms with Gasteiger partial charge < -0.3 is 14.3 Å². The average molecular weight is 482 g/mol. The summed E-state index contributed by atoms with van der Waals surface area (Å²) < 4.78 is 5.64. The molecule has 5 heterocycles. The van der Waals surface area contributed by atoms with Crippen LogP contribution in [0, 0.1) is 16.7 Å². The summed E-state index contributed by atoms with van der Waals surface area (Å²) in [6, 6.07) is 1.88. The number of nitrogens with one attached hydrogen (secondary N) is 1. The molecule has 10 nitrogen and oxygen atoms in total. The molecule has 1 N–H and O–H groups in total. The maximum absolute atomic E-state index is 13.1. The van der Waals surface area contributed by atoms with Crippen molar-refractivity contribution in [3.05, 3.63) is 46.3 Å². The molecule has 1 aliphatic carbocycles. The van der Waals surface area contributed by atoms with E-state index in [4.69, 9.17) is 9.51 Å². The van der Waals surface area contributed by atoms with Gasteiger partial charge in [-0.15, -0.1) is 11.3 Å². The van der Waals surface area contributed by atoms with Gasteiger partial charge in [-0.05, 0) is 24.8 Å². The van der Waals surface area contributed by atoms with Gasteiger partial charge in [0.1, 0.15) is 4.88 Å². The minimum Gasteiger partial charge on any atom is -0.341 e. The van der Waals surface area contributed by atoms with Crippen molar-refractivity contribution >= 4 is 23.2 Å². The number of rotatable bonds is 5. The summed E-state index contributed by atoms with van der Waals surface area (Å²) in [7, 11) is 0. The molecule has 2 saturated heterocycles. The lowest BCUT2D eigenvalue weighted by molar-refractivity contribution is -0.145. The Bertz CT molecular complexity index is 1210. The number of aromatic nitrogens is 5. The lowest BCUT2D eigenvalue weighted by Gasteiger charge is -2.50. The second-order valence-corrected chi connectivity index (χ2v) is 11.5. The van der Waals surface area contributed by atoms with Gasteiger partial charge in [0, 0.05) is 43.7 Å². The Hall–Kier alpha value is -3.08. The predicted octanol–water partition coefficient (Wildman–Crippen LogP) is 2.52. The van der Waals surface area contributed by atoms with E-state index in [2.05, 4.69) is 34.2 Å². The van der Waals surface area contributed by atoms with Gasteiger partial charge in [-0.2, -0.15) is 10.1 Å². The van der Waals surface area contributed by atoms with Crippen LogP contribution in [-0.4, -0.2) is 73.1 Å². The van der Waals surface area contributed by atoms with Gasteiger partial charge in [0.25, 0.3) is 5.91 Å². The molecule has 2 amide bonds. The molecule has 0 aromatic carbocycles. The Morgan fingerprint density at radius 3 is 2.68 bits per heavy atom. The summed E-state index contributed by atoms with van der Waals surface area (Å²) >= 11 is 1.34. The Kier molecular flexibility index (Phi) is 4.71. The van der Waals surface area contributed by atoms with Gasteiger partial charge in [0.15, 0.2) is 5.82 Å². The number of hydrogen-bond acceptors (Lipinski definition) is 8. The zero-order chi connectivity index (χ0) is 23.7. The monoisotopic (exact) mass is 481 g/mol. The first-order valence-corrected chi connectivity index (χ1v) is 12.5. The maximum atomic E-state index is 13.1. The summed E-state index contributed by atoms with van der Waals surface area (Å²) in [5, 5.41) is 11.4. The largest absolute Gasteiger partial charge is 0.341 e. The lowest BCUT2D eigenvalue weighted by atomic mass is 9.71. The van der Waals surface area contributed by atoms with Crippen LogP contribution in [0.25, 0.3) is 0 Å². The Balaban J connectivity index is 1.25. The van der Waals surface area contributed by atoms with Gasteiger partial charge in [0.05, 0.1) is 29.2 Å². The SMILES string of the molecule is CC(c1cc[nH]n1)c1nc(C2CN(C(=O)c3cncs3)CC23CN(C(=O)[C@H]2CC2(C)C)C3)no1. The van der Waals surface area contributed by atoms with Crippen molar-refractivity contribution in [1.82, 2.24) is 35.1 Å². The molecule has 3 aromatic rings.